The van der Waals surface area contributed by atoms with Gasteiger partial charge in [-0.1, -0.05) is 59.0 Å². The van der Waals surface area contributed by atoms with Crippen molar-refractivity contribution in [2.75, 3.05) is 12.0 Å². The van der Waals surface area contributed by atoms with Gasteiger partial charge in [-0.05, 0) is 44.0 Å². The lowest BCUT2D eigenvalue weighted by Gasteiger charge is -2.24. The minimum absolute atomic E-state index is 0.0939. The van der Waals surface area contributed by atoms with E-state index in [9.17, 15) is 19.8 Å². The maximum atomic E-state index is 13.8. The quantitative estimate of drug-likeness (QED) is 0.153. The van der Waals surface area contributed by atoms with E-state index in [1.165, 1.54) is 64.1 Å². The van der Waals surface area contributed by atoms with Crippen LogP contribution in [0.2, 0.25) is 0 Å². The second kappa shape index (κ2) is 10.8. The largest absolute Gasteiger partial charge is 0.504 e. The number of benzene rings is 2. The van der Waals surface area contributed by atoms with Gasteiger partial charge in [-0.3, -0.25) is 14.5 Å². The molecular weight excluding hydrogens is 557 g/mol. The third kappa shape index (κ3) is 5.14. The Bertz CT molecular complexity index is 1610. The molecule has 1 amide bonds. The highest BCUT2D eigenvalue weighted by Gasteiger charge is 2.47. The number of aromatic hydroxyl groups is 1. The van der Waals surface area contributed by atoms with Crippen LogP contribution < -0.4 is 9.64 Å². The Hall–Kier alpha value is -3.74. The number of hydrogen-bond acceptors (Lipinski definition) is 11. The predicted molar refractivity (Wildman–Crippen MR) is 151 cm³/mol. The molecule has 3 heterocycles. The molecule has 200 valence electrons. The number of rotatable bonds is 8. The van der Waals surface area contributed by atoms with E-state index in [1.54, 1.807) is 19.9 Å². The summed E-state index contributed by atoms with van der Waals surface area (Å²) in [7, 11) is 1.40. The number of aliphatic hydroxyl groups excluding tert-OH is 1. The number of Topliss-reactive ketones (excluding diaryl/α,β-unsaturated/α-hetero) is 1. The molecule has 0 aliphatic carbocycles. The lowest BCUT2D eigenvalue weighted by Crippen LogP contribution is -2.31. The molecule has 9 nitrogen and oxygen atoms in total. The number of thioether (sulfide) groups is 1. The molecule has 0 fully saturated rings. The second-order valence-corrected chi connectivity index (χ2v) is 12.3. The van der Waals surface area contributed by atoms with Crippen LogP contribution >= 0.6 is 34.4 Å². The summed E-state index contributed by atoms with van der Waals surface area (Å²) in [6.07, 6.45) is 0. The minimum Gasteiger partial charge on any atom is -0.504 e. The number of aliphatic hydroxyl groups is 1. The van der Waals surface area contributed by atoms with Crippen molar-refractivity contribution in [3.05, 3.63) is 86.1 Å². The average Bonchev–Trinajstić information content (AvgIpc) is 3.59. The highest BCUT2D eigenvalue weighted by Crippen LogP contribution is 2.46. The van der Waals surface area contributed by atoms with Crippen LogP contribution in [0.15, 0.2) is 58.1 Å². The standard InChI is InChI=1S/C27H24N4O5S3/c1-13-5-7-16(8-6-13)12-37-27-30-29-26(39-27)31-21(17-9-10-18(32)19(11-17)36-4)20(23(34)25(31)35)22(33)24-14(2)28-15(3)38-24/h5-11,21,32,34H,12H2,1-4H3. The first-order chi connectivity index (χ1) is 18.7. The van der Waals surface area contributed by atoms with E-state index in [2.05, 4.69) is 15.2 Å². The number of nitrogens with zero attached hydrogens (tertiary/aromatic N) is 4. The van der Waals surface area contributed by atoms with E-state index in [1.807, 2.05) is 31.2 Å². The molecule has 2 N–H and O–H groups in total. The SMILES string of the molecule is COc1cc(C2C(C(=O)c3sc(C)nc3C)=C(O)C(=O)N2c2nnc(SCc3ccc(C)cc3)s2)ccc1O. The van der Waals surface area contributed by atoms with E-state index in [4.69, 9.17) is 4.74 Å². The maximum Gasteiger partial charge on any atom is 0.296 e. The summed E-state index contributed by atoms with van der Waals surface area (Å²) in [4.78, 5) is 33.2. The topological polar surface area (TPSA) is 126 Å². The van der Waals surface area contributed by atoms with Crippen LogP contribution in [-0.4, -0.2) is 44.2 Å². The molecule has 1 unspecified atom stereocenters. The molecule has 0 spiro atoms. The number of amides is 1. The number of phenols is 1. The van der Waals surface area contributed by atoms with E-state index in [0.29, 0.717) is 31.2 Å². The first-order valence-electron chi connectivity index (χ1n) is 11.8. The molecule has 39 heavy (non-hydrogen) atoms. The Morgan fingerprint density at radius 2 is 1.82 bits per heavy atom. The molecule has 12 heteroatoms. The zero-order valence-electron chi connectivity index (χ0n) is 21.5. The van der Waals surface area contributed by atoms with Gasteiger partial charge in [-0.2, -0.15) is 0 Å². The zero-order valence-corrected chi connectivity index (χ0v) is 23.9. The van der Waals surface area contributed by atoms with Crippen molar-refractivity contribution in [3.63, 3.8) is 0 Å². The third-order valence-electron chi connectivity index (χ3n) is 6.17. The number of phenolic OH excluding ortho intramolecular Hbond substituents is 1. The molecule has 1 atom stereocenters. The number of hydrogen-bond donors (Lipinski definition) is 2. The van der Waals surface area contributed by atoms with Gasteiger partial charge in [0, 0.05) is 5.75 Å². The van der Waals surface area contributed by atoms with Gasteiger partial charge >= 0.3 is 0 Å². The number of anilines is 1. The van der Waals surface area contributed by atoms with Crippen LogP contribution in [0.4, 0.5) is 5.13 Å². The number of aryl methyl sites for hydroxylation is 3. The molecule has 1 aliphatic rings. The number of carbonyl (C=O) groups excluding carboxylic acids is 2. The second-order valence-electron chi connectivity index (χ2n) is 8.87. The number of carbonyl (C=O) groups is 2. The Balaban J connectivity index is 1.53. The summed E-state index contributed by atoms with van der Waals surface area (Å²) in [6.45, 7) is 5.53. The fourth-order valence-electron chi connectivity index (χ4n) is 4.27. The molecule has 1 aliphatic heterocycles. The van der Waals surface area contributed by atoms with E-state index >= 15 is 0 Å². The van der Waals surface area contributed by atoms with Gasteiger partial charge in [0.25, 0.3) is 5.91 Å². The van der Waals surface area contributed by atoms with Crippen LogP contribution in [-0.2, 0) is 10.5 Å². The molecule has 2 aromatic heterocycles. The van der Waals surface area contributed by atoms with Crippen LogP contribution in [0.25, 0.3) is 0 Å². The van der Waals surface area contributed by atoms with Crippen LogP contribution in [0, 0.1) is 20.8 Å². The number of ether oxygens (including phenoxy) is 1. The van der Waals surface area contributed by atoms with E-state index < -0.39 is 23.5 Å². The molecule has 5 rings (SSSR count). The predicted octanol–water partition coefficient (Wildman–Crippen LogP) is 5.71. The Morgan fingerprint density at radius 3 is 2.49 bits per heavy atom. The van der Waals surface area contributed by atoms with Gasteiger partial charge in [0.1, 0.15) is 0 Å². The molecular formula is C27H24N4O5S3. The monoisotopic (exact) mass is 580 g/mol. The number of aromatic nitrogens is 3. The van der Waals surface area contributed by atoms with Crippen molar-refractivity contribution in [2.24, 2.45) is 0 Å². The summed E-state index contributed by atoms with van der Waals surface area (Å²) in [6, 6.07) is 11.7. The van der Waals surface area contributed by atoms with E-state index in [-0.39, 0.29) is 22.2 Å². The van der Waals surface area contributed by atoms with Gasteiger partial charge in [0.15, 0.2) is 21.6 Å². The van der Waals surface area contributed by atoms with Crippen LogP contribution in [0.5, 0.6) is 11.5 Å². The van der Waals surface area contributed by atoms with Crippen molar-refractivity contribution in [1.29, 1.82) is 0 Å². The van der Waals surface area contributed by atoms with Gasteiger partial charge < -0.3 is 14.9 Å². The van der Waals surface area contributed by atoms with Gasteiger partial charge in [-0.15, -0.1) is 21.5 Å². The molecule has 0 saturated heterocycles. The highest BCUT2D eigenvalue weighted by molar-refractivity contribution is 8.00. The molecule has 4 aromatic rings. The van der Waals surface area contributed by atoms with E-state index in [0.717, 1.165) is 5.56 Å². The number of methoxy groups -OCH3 is 1. The van der Waals surface area contributed by atoms with Crippen molar-refractivity contribution in [2.45, 2.75) is 36.9 Å². The Labute approximate surface area is 236 Å². The summed E-state index contributed by atoms with van der Waals surface area (Å²) in [5, 5.41) is 30.6. The van der Waals surface area contributed by atoms with Crippen molar-refractivity contribution in [1.82, 2.24) is 15.2 Å². The van der Waals surface area contributed by atoms with Crippen molar-refractivity contribution < 1.29 is 24.5 Å². The molecule has 0 bridgehead atoms. The summed E-state index contributed by atoms with van der Waals surface area (Å²) in [5.41, 5.74) is 3.17. The zero-order chi connectivity index (χ0) is 27.8. The van der Waals surface area contributed by atoms with Crippen LogP contribution in [0.1, 0.15) is 43.1 Å². The normalized spacial score (nSPS) is 15.3. The lowest BCUT2D eigenvalue weighted by molar-refractivity contribution is -0.117. The van der Waals surface area contributed by atoms with Crippen LogP contribution in [0.3, 0.4) is 0 Å². The number of thiazole rings is 1. The highest BCUT2D eigenvalue weighted by atomic mass is 32.2. The first-order valence-corrected chi connectivity index (χ1v) is 14.4. The maximum absolute atomic E-state index is 13.8. The van der Waals surface area contributed by atoms with Gasteiger partial charge in [-0.25, -0.2) is 4.98 Å². The molecule has 0 radical (unpaired) electrons. The summed E-state index contributed by atoms with van der Waals surface area (Å²) >= 11 is 3.87. The minimum atomic E-state index is -1.02. The molecule has 2 aromatic carbocycles. The Morgan fingerprint density at radius 1 is 1.08 bits per heavy atom. The lowest BCUT2D eigenvalue weighted by atomic mass is 9.95. The fourth-order valence-corrected chi connectivity index (χ4v) is 6.96. The van der Waals surface area contributed by atoms with Crippen molar-refractivity contribution >= 4 is 51.3 Å². The fraction of sp³-hybridized carbons (Fsp3) is 0.222. The summed E-state index contributed by atoms with van der Waals surface area (Å²) in [5.74, 6) is -1.19. The first kappa shape index (κ1) is 26.9. The molecule has 0 saturated carbocycles. The third-order valence-corrected chi connectivity index (χ3v) is 9.37. The van der Waals surface area contributed by atoms with Crippen molar-refractivity contribution in [3.8, 4) is 11.5 Å². The number of ketones is 1. The average molecular weight is 581 g/mol. The Kier molecular flexibility index (Phi) is 7.43. The van der Waals surface area contributed by atoms with Gasteiger partial charge in [0.2, 0.25) is 10.9 Å². The van der Waals surface area contributed by atoms with Gasteiger partial charge in [0.05, 0.1) is 34.3 Å². The smallest absolute Gasteiger partial charge is 0.296 e. The summed E-state index contributed by atoms with van der Waals surface area (Å²) < 4.78 is 5.91.